The van der Waals surface area contributed by atoms with Crippen LogP contribution in [0.2, 0.25) is 0 Å². The van der Waals surface area contributed by atoms with E-state index in [1.165, 1.54) is 30.0 Å². The van der Waals surface area contributed by atoms with Gasteiger partial charge in [0.05, 0.1) is 17.4 Å². The number of carbonyl (C=O) groups excluding carboxylic acids is 2. The number of thioether (sulfide) groups is 1. The van der Waals surface area contributed by atoms with Gasteiger partial charge in [-0.2, -0.15) is 0 Å². The zero-order valence-electron chi connectivity index (χ0n) is 18.5. The Balaban J connectivity index is 1.65. The summed E-state index contributed by atoms with van der Waals surface area (Å²) in [5, 5.41) is 14.6. The van der Waals surface area contributed by atoms with E-state index in [-0.39, 0.29) is 17.2 Å². The molecule has 1 heterocycles. The van der Waals surface area contributed by atoms with Crippen molar-refractivity contribution in [3.63, 3.8) is 0 Å². The molecule has 0 unspecified atom stereocenters. The summed E-state index contributed by atoms with van der Waals surface area (Å²) in [6.07, 6.45) is 0. The third kappa shape index (κ3) is 5.34. The molecule has 2 N–H and O–H groups in total. The first-order valence-electron chi connectivity index (χ1n) is 10.3. The van der Waals surface area contributed by atoms with Gasteiger partial charge in [-0.3, -0.25) is 9.59 Å². The van der Waals surface area contributed by atoms with E-state index < -0.39 is 17.8 Å². The number of hydrogen-bond acceptors (Lipinski definition) is 5. The van der Waals surface area contributed by atoms with Gasteiger partial charge in [-0.05, 0) is 57.0 Å². The Bertz CT molecular complexity index is 1130. The Hall–Kier alpha value is -3.20. The van der Waals surface area contributed by atoms with Crippen LogP contribution in [0.15, 0.2) is 47.6 Å². The molecule has 7 nitrogen and oxygen atoms in total. The van der Waals surface area contributed by atoms with Crippen molar-refractivity contribution in [1.29, 1.82) is 0 Å². The number of anilines is 1. The number of benzene rings is 2. The van der Waals surface area contributed by atoms with Crippen LogP contribution in [0, 0.1) is 19.7 Å². The topological polar surface area (TPSA) is 88.9 Å². The highest BCUT2D eigenvalue weighted by molar-refractivity contribution is 7.99. The van der Waals surface area contributed by atoms with E-state index >= 15 is 0 Å². The van der Waals surface area contributed by atoms with E-state index in [1.54, 1.807) is 13.0 Å². The predicted octanol–water partition coefficient (Wildman–Crippen LogP) is 4.28. The second kappa shape index (κ2) is 10.4. The highest BCUT2D eigenvalue weighted by atomic mass is 32.2. The van der Waals surface area contributed by atoms with Crippen LogP contribution in [0.25, 0.3) is 0 Å². The van der Waals surface area contributed by atoms with Crippen LogP contribution >= 0.6 is 11.8 Å². The van der Waals surface area contributed by atoms with Gasteiger partial charge in [0.1, 0.15) is 5.82 Å². The number of hydrogen-bond donors (Lipinski definition) is 2. The molecule has 1 atom stereocenters. The van der Waals surface area contributed by atoms with E-state index in [0.717, 1.165) is 16.8 Å². The second-order valence-electron chi connectivity index (χ2n) is 7.34. The molecular formula is C23H26FN5O2S. The molecule has 3 aromatic rings. The van der Waals surface area contributed by atoms with Gasteiger partial charge in [0.25, 0.3) is 5.91 Å². The van der Waals surface area contributed by atoms with Crippen molar-refractivity contribution in [2.75, 3.05) is 11.1 Å². The molecule has 0 spiro atoms. The predicted molar refractivity (Wildman–Crippen MR) is 123 cm³/mol. The first-order chi connectivity index (χ1) is 15.3. The van der Waals surface area contributed by atoms with Gasteiger partial charge in [-0.25, -0.2) is 4.39 Å². The molecule has 2 aromatic carbocycles. The monoisotopic (exact) mass is 455 g/mol. The largest absolute Gasteiger partial charge is 0.342 e. The second-order valence-corrected chi connectivity index (χ2v) is 8.29. The molecule has 9 heteroatoms. The van der Waals surface area contributed by atoms with Crippen LogP contribution in [-0.2, 0) is 11.3 Å². The summed E-state index contributed by atoms with van der Waals surface area (Å²) in [6, 6.07) is 11.1. The fourth-order valence-corrected chi connectivity index (χ4v) is 4.02. The zero-order valence-corrected chi connectivity index (χ0v) is 19.3. The number of amides is 2. The maximum atomic E-state index is 13.9. The molecule has 0 saturated heterocycles. The average molecular weight is 456 g/mol. The average Bonchev–Trinajstić information content (AvgIpc) is 3.19. The molecule has 0 bridgehead atoms. The lowest BCUT2D eigenvalue weighted by atomic mass is 10.1. The van der Waals surface area contributed by atoms with Crippen molar-refractivity contribution in [2.45, 2.75) is 45.4 Å². The molecule has 3 rings (SSSR count). The minimum absolute atomic E-state index is 0.0281. The summed E-state index contributed by atoms with van der Waals surface area (Å²) in [4.78, 5) is 24.9. The van der Waals surface area contributed by atoms with Crippen molar-refractivity contribution in [1.82, 2.24) is 20.1 Å². The number of halogens is 1. The molecule has 2 amide bonds. The number of carbonyl (C=O) groups is 2. The van der Waals surface area contributed by atoms with Crippen molar-refractivity contribution < 1.29 is 14.0 Å². The molecule has 0 fully saturated rings. The number of rotatable bonds is 8. The Morgan fingerprint density at radius 3 is 2.59 bits per heavy atom. The first kappa shape index (κ1) is 23.5. The molecular weight excluding hydrogens is 429 g/mol. The molecule has 0 aliphatic carbocycles. The van der Waals surface area contributed by atoms with E-state index in [1.807, 2.05) is 43.5 Å². The van der Waals surface area contributed by atoms with Crippen LogP contribution in [0.1, 0.15) is 47.2 Å². The SMILES string of the molecule is CCn1c(SCC(=O)Nc2cccc(C)c2C)nnc1[C@@H](C)NC(=O)c1ccccc1F. The van der Waals surface area contributed by atoms with Crippen molar-refractivity contribution in [3.05, 3.63) is 70.8 Å². The van der Waals surface area contributed by atoms with Gasteiger partial charge in [0.15, 0.2) is 11.0 Å². The maximum Gasteiger partial charge on any atom is 0.254 e. The van der Waals surface area contributed by atoms with Crippen LogP contribution in [0.3, 0.4) is 0 Å². The lowest BCUT2D eigenvalue weighted by Crippen LogP contribution is -2.29. The lowest BCUT2D eigenvalue weighted by molar-refractivity contribution is -0.113. The van der Waals surface area contributed by atoms with Gasteiger partial charge >= 0.3 is 0 Å². The third-order valence-electron chi connectivity index (χ3n) is 5.13. The third-order valence-corrected chi connectivity index (χ3v) is 6.09. The molecule has 168 valence electrons. The van der Waals surface area contributed by atoms with Crippen LogP contribution in [0.4, 0.5) is 10.1 Å². The Morgan fingerprint density at radius 1 is 1.12 bits per heavy atom. The quantitative estimate of drug-likeness (QED) is 0.495. The van der Waals surface area contributed by atoms with Crippen LogP contribution < -0.4 is 10.6 Å². The van der Waals surface area contributed by atoms with E-state index in [9.17, 15) is 14.0 Å². The summed E-state index contributed by atoms with van der Waals surface area (Å²) in [7, 11) is 0. The van der Waals surface area contributed by atoms with Crippen molar-refractivity contribution >= 4 is 29.3 Å². The van der Waals surface area contributed by atoms with E-state index in [0.29, 0.717) is 17.5 Å². The number of aromatic nitrogens is 3. The molecule has 0 aliphatic rings. The summed E-state index contributed by atoms with van der Waals surface area (Å²) >= 11 is 1.27. The fraction of sp³-hybridized carbons (Fsp3) is 0.304. The van der Waals surface area contributed by atoms with Gasteiger partial charge < -0.3 is 15.2 Å². The van der Waals surface area contributed by atoms with Crippen molar-refractivity contribution in [3.8, 4) is 0 Å². The standard InChI is InChI=1S/C23H26FN5O2S/c1-5-29-21(16(4)25-22(31)17-10-6-7-11-18(17)24)27-28-23(29)32-13-20(30)26-19-12-8-9-14(2)15(19)3/h6-12,16H,5,13H2,1-4H3,(H,25,31)(H,26,30)/t16-/m1/s1. The highest BCUT2D eigenvalue weighted by Crippen LogP contribution is 2.22. The molecule has 0 aliphatic heterocycles. The minimum Gasteiger partial charge on any atom is -0.342 e. The molecule has 0 radical (unpaired) electrons. The molecule has 0 saturated carbocycles. The van der Waals surface area contributed by atoms with Gasteiger partial charge in [-0.15, -0.1) is 10.2 Å². The first-order valence-corrected chi connectivity index (χ1v) is 11.3. The summed E-state index contributed by atoms with van der Waals surface area (Å²) in [6.45, 7) is 8.21. The number of aryl methyl sites for hydroxylation is 1. The maximum absolute atomic E-state index is 13.9. The smallest absolute Gasteiger partial charge is 0.254 e. The Labute approximate surface area is 190 Å². The van der Waals surface area contributed by atoms with Crippen molar-refractivity contribution in [2.24, 2.45) is 0 Å². The van der Waals surface area contributed by atoms with Gasteiger partial charge in [0, 0.05) is 12.2 Å². The minimum atomic E-state index is -0.583. The summed E-state index contributed by atoms with van der Waals surface area (Å²) in [5.74, 6) is -0.545. The van der Waals surface area contributed by atoms with Crippen LogP contribution in [-0.4, -0.2) is 32.3 Å². The summed E-state index contributed by atoms with van der Waals surface area (Å²) in [5.41, 5.74) is 2.90. The molecule has 32 heavy (non-hydrogen) atoms. The fourth-order valence-electron chi connectivity index (χ4n) is 3.21. The van der Waals surface area contributed by atoms with E-state index in [4.69, 9.17) is 0 Å². The van der Waals surface area contributed by atoms with Crippen LogP contribution in [0.5, 0.6) is 0 Å². The number of nitrogens with zero attached hydrogens (tertiary/aromatic N) is 3. The zero-order chi connectivity index (χ0) is 23.3. The Kier molecular flexibility index (Phi) is 7.63. The lowest BCUT2D eigenvalue weighted by Gasteiger charge is -2.15. The normalized spacial score (nSPS) is 11.8. The summed E-state index contributed by atoms with van der Waals surface area (Å²) < 4.78 is 15.7. The van der Waals surface area contributed by atoms with Gasteiger partial charge in [-0.1, -0.05) is 36.0 Å². The molecule has 1 aromatic heterocycles. The van der Waals surface area contributed by atoms with E-state index in [2.05, 4.69) is 20.8 Å². The van der Waals surface area contributed by atoms with Gasteiger partial charge in [0.2, 0.25) is 5.91 Å². The Morgan fingerprint density at radius 2 is 1.88 bits per heavy atom. The number of nitrogens with one attached hydrogen (secondary N) is 2. The highest BCUT2D eigenvalue weighted by Gasteiger charge is 2.21.